The summed E-state index contributed by atoms with van der Waals surface area (Å²) >= 11 is 0.935. The highest BCUT2D eigenvalue weighted by Crippen LogP contribution is 2.35. The maximum atomic E-state index is 13.5. The van der Waals surface area contributed by atoms with E-state index in [1.165, 1.54) is 25.3 Å². The van der Waals surface area contributed by atoms with Gasteiger partial charge >= 0.3 is 5.97 Å². The maximum absolute atomic E-state index is 13.5. The van der Waals surface area contributed by atoms with Crippen molar-refractivity contribution in [3.8, 4) is 5.75 Å². The van der Waals surface area contributed by atoms with Crippen LogP contribution in [0, 0.1) is 12.7 Å². The fourth-order valence-electron chi connectivity index (χ4n) is 2.96. The van der Waals surface area contributed by atoms with Gasteiger partial charge < -0.3 is 20.1 Å². The number of benzene rings is 2. The van der Waals surface area contributed by atoms with Crippen LogP contribution in [0.1, 0.15) is 42.9 Å². The molecule has 2 amide bonds. The Balaban J connectivity index is 1.94. The van der Waals surface area contributed by atoms with Crippen LogP contribution in [0.15, 0.2) is 48.5 Å². The maximum Gasteiger partial charge on any atom is 0.341 e. The topological polar surface area (TPSA) is 93.7 Å². The van der Waals surface area contributed by atoms with Gasteiger partial charge in [0.05, 0.1) is 24.2 Å². The first kappa shape index (κ1) is 23.0. The van der Waals surface area contributed by atoms with Gasteiger partial charge in [-0.2, -0.15) is 0 Å². The molecular weight excluding hydrogens is 435 g/mol. The molecule has 1 aromatic heterocycles. The number of hydrogen-bond acceptors (Lipinski definition) is 6. The van der Waals surface area contributed by atoms with Crippen LogP contribution in [0.3, 0.4) is 0 Å². The van der Waals surface area contributed by atoms with Gasteiger partial charge in [0.25, 0.3) is 11.8 Å². The average molecular weight is 456 g/mol. The van der Waals surface area contributed by atoms with Gasteiger partial charge in [0, 0.05) is 17.3 Å². The Morgan fingerprint density at radius 2 is 1.78 bits per heavy atom. The van der Waals surface area contributed by atoms with Crippen LogP contribution in [0.2, 0.25) is 0 Å². The van der Waals surface area contributed by atoms with Crippen LogP contribution in [-0.4, -0.2) is 31.5 Å². The fourth-order valence-corrected chi connectivity index (χ4v) is 4.05. The van der Waals surface area contributed by atoms with Crippen molar-refractivity contribution in [1.29, 1.82) is 0 Å². The van der Waals surface area contributed by atoms with E-state index in [9.17, 15) is 18.8 Å². The molecule has 0 bridgehead atoms. The molecule has 0 saturated carbocycles. The van der Waals surface area contributed by atoms with Gasteiger partial charge in [-0.25, -0.2) is 9.18 Å². The van der Waals surface area contributed by atoms with Crippen LogP contribution in [0.5, 0.6) is 5.75 Å². The third-order valence-electron chi connectivity index (χ3n) is 4.47. The summed E-state index contributed by atoms with van der Waals surface area (Å²) in [4.78, 5) is 38.3. The standard InChI is InChI=1S/C23H21FN2O5S/c1-4-31-23(29)18-13(2)19(21(28)25-16-9-6-10-17(12-16)30-3)32-22(18)26-20(27)14-7-5-8-15(24)11-14/h5-12H,4H2,1-3H3,(H,25,28)(H,26,27). The molecule has 0 atom stereocenters. The lowest BCUT2D eigenvalue weighted by molar-refractivity contribution is 0.0527. The Morgan fingerprint density at radius 3 is 2.47 bits per heavy atom. The molecule has 2 aromatic carbocycles. The molecule has 1 heterocycles. The van der Waals surface area contributed by atoms with Crippen molar-refractivity contribution < 1.29 is 28.2 Å². The Morgan fingerprint density at radius 1 is 1.03 bits per heavy atom. The van der Waals surface area contributed by atoms with Crippen LogP contribution in [0.25, 0.3) is 0 Å². The lowest BCUT2D eigenvalue weighted by Crippen LogP contribution is -2.15. The minimum Gasteiger partial charge on any atom is -0.497 e. The zero-order chi connectivity index (χ0) is 23.3. The molecule has 0 spiro atoms. The van der Waals surface area contributed by atoms with Gasteiger partial charge in [0.2, 0.25) is 0 Å². The first-order chi connectivity index (χ1) is 15.3. The summed E-state index contributed by atoms with van der Waals surface area (Å²) in [6.45, 7) is 3.37. The predicted molar refractivity (Wildman–Crippen MR) is 120 cm³/mol. The predicted octanol–water partition coefficient (Wildman–Crippen LogP) is 4.89. The molecule has 0 unspecified atom stereocenters. The molecule has 3 aromatic rings. The minimum atomic E-state index is -0.670. The molecular formula is C23H21FN2O5S. The molecule has 3 rings (SSSR count). The van der Waals surface area contributed by atoms with Crippen molar-refractivity contribution in [3.05, 3.63) is 75.9 Å². The van der Waals surface area contributed by atoms with Gasteiger partial charge in [0.15, 0.2) is 0 Å². The Kier molecular flexibility index (Phi) is 7.21. The number of ether oxygens (including phenoxy) is 2. The number of anilines is 2. The van der Waals surface area contributed by atoms with Crippen LogP contribution in [0.4, 0.5) is 15.1 Å². The number of hydrogen-bond donors (Lipinski definition) is 2. The molecule has 0 saturated heterocycles. The molecule has 166 valence electrons. The van der Waals surface area contributed by atoms with Crippen molar-refractivity contribution in [2.24, 2.45) is 0 Å². The highest BCUT2D eigenvalue weighted by atomic mass is 32.1. The van der Waals surface area contributed by atoms with Crippen molar-refractivity contribution in [2.45, 2.75) is 13.8 Å². The number of carbonyl (C=O) groups is 3. The quantitative estimate of drug-likeness (QED) is 0.494. The number of methoxy groups -OCH3 is 1. The van der Waals surface area contributed by atoms with Crippen molar-refractivity contribution in [1.82, 2.24) is 0 Å². The molecule has 0 aliphatic rings. The van der Waals surface area contributed by atoms with E-state index in [0.717, 1.165) is 17.4 Å². The molecule has 32 heavy (non-hydrogen) atoms. The SMILES string of the molecule is CCOC(=O)c1c(NC(=O)c2cccc(F)c2)sc(C(=O)Nc2cccc(OC)c2)c1C. The van der Waals surface area contributed by atoms with Gasteiger partial charge in [0.1, 0.15) is 16.6 Å². The first-order valence-electron chi connectivity index (χ1n) is 9.66. The van der Waals surface area contributed by atoms with E-state index in [-0.39, 0.29) is 27.6 Å². The van der Waals surface area contributed by atoms with Crippen molar-refractivity contribution in [3.63, 3.8) is 0 Å². The first-order valence-corrected chi connectivity index (χ1v) is 10.5. The zero-order valence-electron chi connectivity index (χ0n) is 17.7. The van der Waals surface area contributed by atoms with E-state index in [2.05, 4.69) is 10.6 Å². The van der Waals surface area contributed by atoms with E-state index in [0.29, 0.717) is 17.0 Å². The van der Waals surface area contributed by atoms with Crippen molar-refractivity contribution >= 4 is 39.8 Å². The van der Waals surface area contributed by atoms with Gasteiger partial charge in [-0.3, -0.25) is 9.59 Å². The molecule has 0 aliphatic heterocycles. The van der Waals surface area contributed by atoms with Crippen LogP contribution >= 0.6 is 11.3 Å². The molecule has 9 heteroatoms. The summed E-state index contributed by atoms with van der Waals surface area (Å²) in [6.07, 6.45) is 0. The third-order valence-corrected chi connectivity index (χ3v) is 5.68. The summed E-state index contributed by atoms with van der Waals surface area (Å²) in [5.74, 6) is -1.74. The minimum absolute atomic E-state index is 0.0771. The lowest BCUT2D eigenvalue weighted by atomic mass is 10.1. The summed E-state index contributed by atoms with van der Waals surface area (Å²) < 4.78 is 23.8. The Labute approximate surface area is 188 Å². The Bertz CT molecular complexity index is 1170. The largest absolute Gasteiger partial charge is 0.497 e. The fraction of sp³-hybridized carbons (Fsp3) is 0.174. The highest BCUT2D eigenvalue weighted by Gasteiger charge is 2.27. The Hall–Kier alpha value is -3.72. The summed E-state index contributed by atoms with van der Waals surface area (Å²) in [7, 11) is 1.52. The average Bonchev–Trinajstić information content (AvgIpc) is 3.09. The lowest BCUT2D eigenvalue weighted by Gasteiger charge is -2.07. The number of thiophene rings is 1. The van der Waals surface area contributed by atoms with E-state index in [1.807, 2.05) is 0 Å². The summed E-state index contributed by atoms with van der Waals surface area (Å²) in [6, 6.07) is 12.0. The number of rotatable bonds is 7. The molecule has 0 aliphatic carbocycles. The molecule has 2 N–H and O–H groups in total. The second-order valence-corrected chi connectivity index (χ2v) is 7.65. The van der Waals surface area contributed by atoms with Gasteiger partial charge in [-0.05, 0) is 49.7 Å². The highest BCUT2D eigenvalue weighted by molar-refractivity contribution is 7.19. The van der Waals surface area contributed by atoms with Gasteiger partial charge in [-0.1, -0.05) is 12.1 Å². The second-order valence-electron chi connectivity index (χ2n) is 6.63. The number of nitrogens with one attached hydrogen (secondary N) is 2. The van der Waals surface area contributed by atoms with Crippen LogP contribution in [-0.2, 0) is 4.74 Å². The van der Waals surface area contributed by atoms with Crippen LogP contribution < -0.4 is 15.4 Å². The number of carbonyl (C=O) groups excluding carboxylic acids is 3. The van der Waals surface area contributed by atoms with E-state index >= 15 is 0 Å². The number of halogens is 1. The van der Waals surface area contributed by atoms with Gasteiger partial charge in [-0.15, -0.1) is 11.3 Å². The number of esters is 1. The van der Waals surface area contributed by atoms with E-state index in [4.69, 9.17) is 9.47 Å². The van der Waals surface area contributed by atoms with Crippen molar-refractivity contribution in [2.75, 3.05) is 24.4 Å². The van der Waals surface area contributed by atoms with E-state index in [1.54, 1.807) is 38.1 Å². The summed E-state index contributed by atoms with van der Waals surface area (Å²) in [5.41, 5.74) is 1.03. The molecule has 0 fully saturated rings. The third kappa shape index (κ3) is 5.12. The molecule has 0 radical (unpaired) electrons. The second kappa shape index (κ2) is 10.1. The summed E-state index contributed by atoms with van der Waals surface area (Å²) in [5, 5.41) is 5.50. The van der Waals surface area contributed by atoms with E-state index < -0.39 is 23.6 Å². The normalized spacial score (nSPS) is 10.4. The zero-order valence-corrected chi connectivity index (χ0v) is 18.5. The monoisotopic (exact) mass is 456 g/mol. The number of amides is 2. The smallest absolute Gasteiger partial charge is 0.341 e. The molecule has 7 nitrogen and oxygen atoms in total.